The molecule has 0 amide bonds. The van der Waals surface area contributed by atoms with E-state index in [4.69, 9.17) is 9.15 Å². The van der Waals surface area contributed by atoms with Gasteiger partial charge in [-0.1, -0.05) is 127 Å². The summed E-state index contributed by atoms with van der Waals surface area (Å²) in [5, 5.41) is 12.2. The fraction of sp³-hybridized carbons (Fsp3) is 0.0400. The highest BCUT2D eigenvalue weighted by molar-refractivity contribution is 7.26. The van der Waals surface area contributed by atoms with Gasteiger partial charge in [0.1, 0.15) is 23.0 Å². The molecule has 0 N–H and O–H groups in total. The van der Waals surface area contributed by atoms with E-state index in [1.807, 2.05) is 23.5 Å². The summed E-state index contributed by atoms with van der Waals surface area (Å²) >= 11 is 1.89. The fourth-order valence-corrected chi connectivity index (χ4v) is 10.2. The molecule has 11 aromatic rings. The minimum absolute atomic E-state index is 0.0339. The third-order valence-electron chi connectivity index (χ3n) is 11.4. The molecule has 1 unspecified atom stereocenters. The first-order chi connectivity index (χ1) is 26.3. The Morgan fingerprint density at radius 1 is 0.472 bits per heavy atom. The molecule has 248 valence electrons. The lowest BCUT2D eigenvalue weighted by Crippen LogP contribution is -2.02. The standard InChI is InChI=1S/C50H30O2S/c1-2-12-29(13-3-1)44-28-42-49(52-44)41(27-40-34-15-9-11-21-46(34)53-50(40)42)48-37-18-6-4-16-35(37)47(36-17-5-7-19-38(36)48)31-23-22-30-25-39-33-14-8-10-20-43(33)51-45(39)26-32(30)24-31/h1-27,44H,28H2. The van der Waals surface area contributed by atoms with Crippen LogP contribution in [0.15, 0.2) is 168 Å². The molecule has 0 saturated heterocycles. The average Bonchev–Trinajstić information content (AvgIpc) is 3.93. The van der Waals surface area contributed by atoms with Gasteiger partial charge in [0.05, 0.1) is 0 Å². The lowest BCUT2D eigenvalue weighted by Gasteiger charge is -2.20. The smallest absolute Gasteiger partial charge is 0.136 e. The molecule has 0 aliphatic carbocycles. The highest BCUT2D eigenvalue weighted by atomic mass is 32.1. The molecule has 2 nitrogen and oxygen atoms in total. The Bertz CT molecular complexity index is 3240. The van der Waals surface area contributed by atoms with Crippen LogP contribution in [0.1, 0.15) is 17.2 Å². The molecular formula is C50H30O2S. The first-order valence-corrected chi connectivity index (χ1v) is 19.1. The van der Waals surface area contributed by atoms with E-state index in [1.54, 1.807) is 0 Å². The summed E-state index contributed by atoms with van der Waals surface area (Å²) in [7, 11) is 0. The van der Waals surface area contributed by atoms with E-state index in [-0.39, 0.29) is 6.10 Å². The van der Waals surface area contributed by atoms with Gasteiger partial charge < -0.3 is 9.15 Å². The predicted octanol–water partition coefficient (Wildman–Crippen LogP) is 14.4. The maximum atomic E-state index is 7.10. The SMILES string of the molecule is c1ccc(C2Cc3c(c(-c4c5ccccc5c(-c5ccc6cc7c(cc6c5)oc5ccccc57)c5ccccc45)cc4c3sc3ccccc34)O2)cc1. The number of fused-ring (bicyclic) bond motifs is 11. The quantitative estimate of drug-likeness (QED) is 0.172. The van der Waals surface area contributed by atoms with Crippen LogP contribution in [0.3, 0.4) is 0 Å². The van der Waals surface area contributed by atoms with Crippen LogP contribution >= 0.6 is 11.3 Å². The third kappa shape index (κ3) is 4.26. The van der Waals surface area contributed by atoms with Crippen molar-refractivity contribution in [3.63, 3.8) is 0 Å². The molecule has 12 rings (SSSR count). The summed E-state index contributed by atoms with van der Waals surface area (Å²) in [6, 6.07) is 59.5. The molecule has 3 heteroatoms. The molecule has 1 aliphatic heterocycles. The number of hydrogen-bond acceptors (Lipinski definition) is 3. The summed E-state index contributed by atoms with van der Waals surface area (Å²) in [5.74, 6) is 1.02. The zero-order valence-electron chi connectivity index (χ0n) is 28.6. The molecule has 2 aromatic heterocycles. The summed E-state index contributed by atoms with van der Waals surface area (Å²) in [4.78, 5) is 0. The van der Waals surface area contributed by atoms with Gasteiger partial charge in [-0.3, -0.25) is 0 Å². The van der Waals surface area contributed by atoms with Crippen molar-refractivity contribution in [1.29, 1.82) is 0 Å². The second kappa shape index (κ2) is 11.0. The van der Waals surface area contributed by atoms with Crippen molar-refractivity contribution >= 4 is 85.8 Å². The Balaban J connectivity index is 1.14. The number of para-hydroxylation sites is 1. The first-order valence-electron chi connectivity index (χ1n) is 18.2. The number of ether oxygens (including phenoxy) is 1. The number of thiophene rings is 1. The molecule has 9 aromatic carbocycles. The Labute approximate surface area is 309 Å². The molecule has 1 aliphatic rings. The van der Waals surface area contributed by atoms with Gasteiger partial charge in [-0.15, -0.1) is 11.3 Å². The second-order valence-corrected chi connectivity index (χ2v) is 15.3. The number of furan rings is 1. The molecule has 0 spiro atoms. The van der Waals surface area contributed by atoms with Gasteiger partial charge >= 0.3 is 0 Å². The van der Waals surface area contributed by atoms with Crippen LogP contribution in [-0.4, -0.2) is 0 Å². The summed E-state index contributed by atoms with van der Waals surface area (Å²) in [6.45, 7) is 0. The molecule has 0 radical (unpaired) electrons. The molecule has 0 saturated carbocycles. The topological polar surface area (TPSA) is 22.4 Å². The zero-order valence-corrected chi connectivity index (χ0v) is 29.4. The molecule has 3 heterocycles. The molecular weight excluding hydrogens is 665 g/mol. The maximum absolute atomic E-state index is 7.10. The normalized spacial score (nSPS) is 14.3. The molecule has 0 bridgehead atoms. The third-order valence-corrected chi connectivity index (χ3v) is 12.6. The van der Waals surface area contributed by atoms with Crippen molar-refractivity contribution in [2.75, 3.05) is 0 Å². The lowest BCUT2D eigenvalue weighted by atomic mass is 9.84. The van der Waals surface area contributed by atoms with Crippen LogP contribution in [0.25, 0.3) is 96.7 Å². The van der Waals surface area contributed by atoms with Gasteiger partial charge in [0.2, 0.25) is 0 Å². The van der Waals surface area contributed by atoms with Crippen LogP contribution in [0.4, 0.5) is 0 Å². The van der Waals surface area contributed by atoms with E-state index < -0.39 is 0 Å². The highest BCUT2D eigenvalue weighted by Gasteiger charge is 2.32. The number of hydrogen-bond donors (Lipinski definition) is 0. The van der Waals surface area contributed by atoms with Crippen molar-refractivity contribution in [2.24, 2.45) is 0 Å². The maximum Gasteiger partial charge on any atom is 0.136 e. The summed E-state index contributed by atoms with van der Waals surface area (Å²) in [5.41, 5.74) is 9.20. The number of benzene rings is 9. The highest BCUT2D eigenvalue weighted by Crippen LogP contribution is 2.54. The van der Waals surface area contributed by atoms with Crippen molar-refractivity contribution in [2.45, 2.75) is 12.5 Å². The minimum atomic E-state index is -0.0339. The summed E-state index contributed by atoms with van der Waals surface area (Å²) < 4.78 is 16.1. The Kier molecular flexibility index (Phi) is 6.08. The second-order valence-electron chi connectivity index (χ2n) is 14.3. The predicted molar refractivity (Wildman–Crippen MR) is 224 cm³/mol. The van der Waals surface area contributed by atoms with Crippen LogP contribution < -0.4 is 4.74 Å². The van der Waals surface area contributed by atoms with Gasteiger partial charge in [0.15, 0.2) is 0 Å². The van der Waals surface area contributed by atoms with Gasteiger partial charge in [-0.25, -0.2) is 0 Å². The van der Waals surface area contributed by atoms with Crippen LogP contribution in [-0.2, 0) is 6.42 Å². The monoisotopic (exact) mass is 694 g/mol. The van der Waals surface area contributed by atoms with E-state index in [0.717, 1.165) is 34.1 Å². The van der Waals surface area contributed by atoms with Gasteiger partial charge in [-0.2, -0.15) is 0 Å². The fourth-order valence-electron chi connectivity index (χ4n) is 8.99. The van der Waals surface area contributed by atoms with Crippen molar-refractivity contribution in [3.8, 4) is 28.0 Å². The average molecular weight is 695 g/mol. The van der Waals surface area contributed by atoms with Crippen molar-refractivity contribution in [3.05, 3.63) is 175 Å². The van der Waals surface area contributed by atoms with Crippen LogP contribution in [0, 0.1) is 0 Å². The number of rotatable bonds is 3. The molecule has 1 atom stereocenters. The van der Waals surface area contributed by atoms with E-state index in [2.05, 4.69) is 152 Å². The van der Waals surface area contributed by atoms with E-state index in [0.29, 0.717) is 0 Å². The van der Waals surface area contributed by atoms with E-state index in [1.165, 1.54) is 85.9 Å². The Morgan fingerprint density at radius 2 is 1.13 bits per heavy atom. The van der Waals surface area contributed by atoms with Crippen molar-refractivity contribution in [1.82, 2.24) is 0 Å². The zero-order chi connectivity index (χ0) is 34.6. The van der Waals surface area contributed by atoms with Crippen LogP contribution in [0.2, 0.25) is 0 Å². The van der Waals surface area contributed by atoms with Gasteiger partial charge in [-0.05, 0) is 85.4 Å². The minimum Gasteiger partial charge on any atom is -0.484 e. The summed E-state index contributed by atoms with van der Waals surface area (Å²) in [6.07, 6.45) is 0.813. The lowest BCUT2D eigenvalue weighted by molar-refractivity contribution is 0.239. The Morgan fingerprint density at radius 3 is 1.91 bits per heavy atom. The largest absolute Gasteiger partial charge is 0.484 e. The molecule has 53 heavy (non-hydrogen) atoms. The van der Waals surface area contributed by atoms with Gasteiger partial charge in [0, 0.05) is 54.1 Å². The van der Waals surface area contributed by atoms with Crippen LogP contribution in [0.5, 0.6) is 5.75 Å². The van der Waals surface area contributed by atoms with E-state index >= 15 is 0 Å². The first kappa shape index (κ1) is 29.2. The van der Waals surface area contributed by atoms with Gasteiger partial charge in [0.25, 0.3) is 0 Å². The van der Waals surface area contributed by atoms with E-state index in [9.17, 15) is 0 Å². The van der Waals surface area contributed by atoms with Crippen molar-refractivity contribution < 1.29 is 9.15 Å². The Hall–Kier alpha value is -6.42. The molecule has 0 fully saturated rings.